The minimum absolute atomic E-state index is 0.111. The van der Waals surface area contributed by atoms with E-state index in [4.69, 9.17) is 0 Å². The van der Waals surface area contributed by atoms with Crippen LogP contribution in [0.5, 0.6) is 0 Å². The Kier molecular flexibility index (Phi) is 4.42. The van der Waals surface area contributed by atoms with Crippen LogP contribution in [0.1, 0.15) is 19.8 Å². The average Bonchev–Trinajstić information content (AvgIpc) is 2.15. The Morgan fingerprint density at radius 1 is 1.69 bits per heavy atom. The number of thioether (sulfide) groups is 1. The molecular weight excluding hydrogens is 184 g/mol. The summed E-state index contributed by atoms with van der Waals surface area (Å²) in [6.45, 7) is 3.88. The van der Waals surface area contributed by atoms with Crippen LogP contribution in [0, 0.1) is 0 Å². The Balaban J connectivity index is 2.34. The fraction of sp³-hybridized carbons (Fsp3) is 0.889. The fourth-order valence-electron chi connectivity index (χ4n) is 1.51. The van der Waals surface area contributed by atoms with Gasteiger partial charge in [-0.15, -0.1) is 0 Å². The number of hydrogen-bond donors (Lipinski definition) is 1. The van der Waals surface area contributed by atoms with E-state index < -0.39 is 0 Å². The first-order valence-electron chi connectivity index (χ1n) is 4.79. The molecule has 0 aliphatic carbocycles. The molecule has 1 atom stereocenters. The monoisotopic (exact) mass is 202 g/mol. The second-order valence-corrected chi connectivity index (χ2v) is 4.39. The molecule has 0 spiro atoms. The van der Waals surface area contributed by atoms with Gasteiger partial charge in [0, 0.05) is 19.1 Å². The molecule has 2 amide bonds. The SMILES string of the molecule is CSCCC(C)N1CCCNC1=O. The third-order valence-corrected chi connectivity index (χ3v) is 3.03. The molecular formula is C9H18N2OS. The van der Waals surface area contributed by atoms with Gasteiger partial charge in [0.2, 0.25) is 0 Å². The van der Waals surface area contributed by atoms with Gasteiger partial charge in [0.1, 0.15) is 0 Å². The van der Waals surface area contributed by atoms with Crippen LogP contribution in [0.3, 0.4) is 0 Å². The summed E-state index contributed by atoms with van der Waals surface area (Å²) in [5.74, 6) is 1.13. The first-order valence-corrected chi connectivity index (χ1v) is 6.18. The molecule has 0 radical (unpaired) electrons. The van der Waals surface area contributed by atoms with Gasteiger partial charge in [-0.2, -0.15) is 11.8 Å². The maximum Gasteiger partial charge on any atom is 0.317 e. The summed E-state index contributed by atoms with van der Waals surface area (Å²) in [5.41, 5.74) is 0. The Morgan fingerprint density at radius 3 is 3.08 bits per heavy atom. The number of carbonyl (C=O) groups excluding carboxylic acids is 1. The number of hydrogen-bond acceptors (Lipinski definition) is 2. The Morgan fingerprint density at radius 2 is 2.46 bits per heavy atom. The van der Waals surface area contributed by atoms with Crippen LogP contribution in [-0.4, -0.2) is 42.1 Å². The highest BCUT2D eigenvalue weighted by atomic mass is 32.2. The summed E-state index contributed by atoms with van der Waals surface area (Å²) in [6, 6.07) is 0.493. The number of urea groups is 1. The third-order valence-electron chi connectivity index (χ3n) is 2.38. The quantitative estimate of drug-likeness (QED) is 0.750. The smallest absolute Gasteiger partial charge is 0.317 e. The van der Waals surface area contributed by atoms with Crippen molar-refractivity contribution >= 4 is 17.8 Å². The van der Waals surface area contributed by atoms with E-state index in [1.54, 1.807) is 0 Å². The lowest BCUT2D eigenvalue weighted by Gasteiger charge is -2.32. The minimum Gasteiger partial charge on any atom is -0.338 e. The highest BCUT2D eigenvalue weighted by Crippen LogP contribution is 2.10. The number of carbonyl (C=O) groups is 1. The first kappa shape index (κ1) is 10.7. The van der Waals surface area contributed by atoms with E-state index in [0.717, 1.165) is 31.7 Å². The summed E-state index contributed by atoms with van der Waals surface area (Å²) in [7, 11) is 0. The normalized spacial score (nSPS) is 19.8. The molecule has 1 aliphatic rings. The summed E-state index contributed by atoms with van der Waals surface area (Å²) < 4.78 is 0. The van der Waals surface area contributed by atoms with Gasteiger partial charge in [-0.1, -0.05) is 0 Å². The number of amides is 2. The standard InChI is InChI=1S/C9H18N2OS/c1-8(4-7-13-2)11-6-3-5-10-9(11)12/h8H,3-7H2,1-2H3,(H,10,12). The largest absolute Gasteiger partial charge is 0.338 e. The Hall–Kier alpha value is -0.380. The van der Waals surface area contributed by atoms with E-state index in [1.807, 2.05) is 16.7 Å². The van der Waals surface area contributed by atoms with Gasteiger partial charge in [0.15, 0.2) is 0 Å². The highest BCUT2D eigenvalue weighted by molar-refractivity contribution is 7.98. The number of rotatable bonds is 4. The van der Waals surface area contributed by atoms with Crippen LogP contribution in [0.15, 0.2) is 0 Å². The molecule has 76 valence electrons. The zero-order chi connectivity index (χ0) is 9.68. The highest BCUT2D eigenvalue weighted by Gasteiger charge is 2.21. The maximum atomic E-state index is 11.4. The van der Waals surface area contributed by atoms with E-state index in [9.17, 15) is 4.79 Å². The molecule has 0 aromatic rings. The molecule has 1 rings (SSSR count). The van der Waals surface area contributed by atoms with Gasteiger partial charge in [-0.25, -0.2) is 4.79 Å². The molecule has 1 fully saturated rings. The summed E-state index contributed by atoms with van der Waals surface area (Å²) >= 11 is 1.84. The first-order chi connectivity index (χ1) is 6.25. The summed E-state index contributed by atoms with van der Waals surface area (Å²) in [6.07, 6.45) is 4.27. The summed E-state index contributed by atoms with van der Waals surface area (Å²) in [5, 5.41) is 2.87. The van der Waals surface area contributed by atoms with Crippen LogP contribution in [0.4, 0.5) is 4.79 Å². The molecule has 0 bridgehead atoms. The van der Waals surface area contributed by atoms with Crippen molar-refractivity contribution < 1.29 is 4.79 Å². The molecule has 0 aromatic heterocycles. The Labute approximate surface area is 84.2 Å². The second-order valence-electron chi connectivity index (χ2n) is 3.41. The number of nitrogens with one attached hydrogen (secondary N) is 1. The average molecular weight is 202 g/mol. The van der Waals surface area contributed by atoms with E-state index >= 15 is 0 Å². The molecule has 0 saturated carbocycles. The van der Waals surface area contributed by atoms with Crippen LogP contribution in [0.2, 0.25) is 0 Å². The zero-order valence-corrected chi connectivity index (χ0v) is 9.19. The lowest BCUT2D eigenvalue weighted by atomic mass is 10.2. The molecule has 3 nitrogen and oxygen atoms in total. The molecule has 13 heavy (non-hydrogen) atoms. The predicted molar refractivity (Wildman–Crippen MR) is 57.2 cm³/mol. The van der Waals surface area contributed by atoms with Crippen molar-refractivity contribution in [3.05, 3.63) is 0 Å². The van der Waals surface area contributed by atoms with Gasteiger partial charge < -0.3 is 10.2 Å². The van der Waals surface area contributed by atoms with Gasteiger partial charge in [-0.3, -0.25) is 0 Å². The van der Waals surface area contributed by atoms with Gasteiger partial charge in [0.05, 0.1) is 0 Å². The van der Waals surface area contributed by atoms with Crippen LogP contribution in [-0.2, 0) is 0 Å². The molecule has 1 aliphatic heterocycles. The second kappa shape index (κ2) is 5.37. The van der Waals surface area contributed by atoms with Crippen molar-refractivity contribution in [1.82, 2.24) is 10.2 Å². The van der Waals surface area contributed by atoms with Crippen molar-refractivity contribution in [3.63, 3.8) is 0 Å². The molecule has 1 saturated heterocycles. The minimum atomic E-state index is 0.111. The lowest BCUT2D eigenvalue weighted by molar-refractivity contribution is 0.164. The van der Waals surface area contributed by atoms with Crippen molar-refractivity contribution in [3.8, 4) is 0 Å². The lowest BCUT2D eigenvalue weighted by Crippen LogP contribution is -2.50. The van der Waals surface area contributed by atoms with E-state index in [1.165, 1.54) is 0 Å². The third kappa shape index (κ3) is 3.10. The van der Waals surface area contributed by atoms with Crippen molar-refractivity contribution in [2.45, 2.75) is 25.8 Å². The van der Waals surface area contributed by atoms with Crippen LogP contribution in [0.25, 0.3) is 0 Å². The molecule has 1 N–H and O–H groups in total. The van der Waals surface area contributed by atoms with Gasteiger partial charge in [0.25, 0.3) is 0 Å². The van der Waals surface area contributed by atoms with Crippen LogP contribution < -0.4 is 5.32 Å². The van der Waals surface area contributed by atoms with Gasteiger partial charge >= 0.3 is 6.03 Å². The fourth-order valence-corrected chi connectivity index (χ4v) is 2.09. The van der Waals surface area contributed by atoms with E-state index in [2.05, 4.69) is 18.5 Å². The summed E-state index contributed by atoms with van der Waals surface area (Å²) in [4.78, 5) is 13.4. The van der Waals surface area contributed by atoms with Crippen LogP contribution >= 0.6 is 11.8 Å². The van der Waals surface area contributed by atoms with Crippen molar-refractivity contribution in [1.29, 1.82) is 0 Å². The van der Waals surface area contributed by atoms with Crippen molar-refractivity contribution in [2.75, 3.05) is 25.1 Å². The van der Waals surface area contributed by atoms with E-state index in [-0.39, 0.29) is 6.03 Å². The maximum absolute atomic E-state index is 11.4. The molecule has 4 heteroatoms. The number of nitrogens with zero attached hydrogens (tertiary/aromatic N) is 1. The molecule has 1 unspecified atom stereocenters. The molecule has 1 heterocycles. The topological polar surface area (TPSA) is 32.3 Å². The van der Waals surface area contributed by atoms with E-state index in [0.29, 0.717) is 6.04 Å². The predicted octanol–water partition coefficient (Wildman–Crippen LogP) is 1.54. The molecule has 0 aromatic carbocycles. The van der Waals surface area contributed by atoms with Crippen molar-refractivity contribution in [2.24, 2.45) is 0 Å². The van der Waals surface area contributed by atoms with Gasteiger partial charge in [-0.05, 0) is 31.8 Å². The zero-order valence-electron chi connectivity index (χ0n) is 8.38. The Bertz CT molecular complexity index is 175.